The van der Waals surface area contributed by atoms with Crippen LogP contribution in [0, 0.1) is 0 Å². The lowest BCUT2D eigenvalue weighted by atomic mass is 10.2. The lowest BCUT2D eigenvalue weighted by molar-refractivity contribution is 0.241. The van der Waals surface area contributed by atoms with E-state index >= 15 is 0 Å². The first-order valence-corrected chi connectivity index (χ1v) is 6.88. The van der Waals surface area contributed by atoms with E-state index in [1.807, 2.05) is 32.0 Å². The maximum absolute atomic E-state index is 5.63. The summed E-state index contributed by atoms with van der Waals surface area (Å²) in [6, 6.07) is 5.78. The van der Waals surface area contributed by atoms with E-state index in [0.29, 0.717) is 0 Å². The first kappa shape index (κ1) is 14.2. The van der Waals surface area contributed by atoms with Crippen LogP contribution in [0.2, 0.25) is 0 Å². The van der Waals surface area contributed by atoms with Crippen molar-refractivity contribution in [3.05, 3.63) is 30.6 Å². The molecule has 20 heavy (non-hydrogen) atoms. The molecule has 0 amide bonds. The molecule has 2 rings (SSSR count). The molecule has 0 saturated heterocycles. The molecule has 5 heteroatoms. The Morgan fingerprint density at radius 3 is 2.70 bits per heavy atom. The molecule has 2 aromatic heterocycles. The predicted molar refractivity (Wildman–Crippen MR) is 79.8 cm³/mol. The van der Waals surface area contributed by atoms with Crippen molar-refractivity contribution < 1.29 is 4.74 Å². The van der Waals surface area contributed by atoms with Crippen molar-refractivity contribution in [2.75, 3.05) is 11.9 Å². The summed E-state index contributed by atoms with van der Waals surface area (Å²) in [4.78, 5) is 4.18. The van der Waals surface area contributed by atoms with Crippen molar-refractivity contribution in [3.63, 3.8) is 0 Å². The van der Waals surface area contributed by atoms with Gasteiger partial charge in [0, 0.05) is 18.3 Å². The van der Waals surface area contributed by atoms with Gasteiger partial charge in [-0.2, -0.15) is 0 Å². The third kappa shape index (κ3) is 3.91. The molecule has 0 bridgehead atoms. The van der Waals surface area contributed by atoms with Gasteiger partial charge in [0.05, 0.1) is 18.0 Å². The fourth-order valence-electron chi connectivity index (χ4n) is 1.73. The van der Waals surface area contributed by atoms with Crippen molar-refractivity contribution in [3.8, 4) is 17.0 Å². The second-order valence-electron chi connectivity index (χ2n) is 4.81. The molecule has 5 nitrogen and oxygen atoms in total. The van der Waals surface area contributed by atoms with E-state index in [9.17, 15) is 0 Å². The van der Waals surface area contributed by atoms with Crippen LogP contribution in [-0.2, 0) is 0 Å². The molecule has 0 fully saturated rings. The minimum atomic E-state index is 0.124. The first-order valence-electron chi connectivity index (χ1n) is 6.88. The van der Waals surface area contributed by atoms with Crippen LogP contribution < -0.4 is 10.1 Å². The Labute approximate surface area is 119 Å². The number of nitrogens with zero attached hydrogens (tertiary/aromatic N) is 3. The van der Waals surface area contributed by atoms with Crippen molar-refractivity contribution in [1.82, 2.24) is 15.2 Å². The van der Waals surface area contributed by atoms with E-state index in [1.54, 1.807) is 12.4 Å². The Hall–Kier alpha value is -2.17. The summed E-state index contributed by atoms with van der Waals surface area (Å²) < 4.78 is 5.63. The second kappa shape index (κ2) is 6.84. The number of nitrogens with one attached hydrogen (secondary N) is 1. The van der Waals surface area contributed by atoms with Crippen molar-refractivity contribution in [2.24, 2.45) is 0 Å². The number of anilines is 1. The molecule has 2 heterocycles. The highest BCUT2D eigenvalue weighted by atomic mass is 16.5. The molecular weight excluding hydrogens is 252 g/mol. The van der Waals surface area contributed by atoms with Gasteiger partial charge in [-0.15, -0.1) is 10.2 Å². The molecule has 0 unspecified atom stereocenters. The van der Waals surface area contributed by atoms with Gasteiger partial charge in [-0.25, -0.2) is 0 Å². The highest BCUT2D eigenvalue weighted by Gasteiger charge is 2.05. The van der Waals surface area contributed by atoms with Gasteiger partial charge in [-0.05, 0) is 38.5 Å². The number of aromatic nitrogens is 3. The molecule has 0 aromatic carbocycles. The van der Waals surface area contributed by atoms with Crippen LogP contribution in [0.5, 0.6) is 5.75 Å². The van der Waals surface area contributed by atoms with Gasteiger partial charge in [0.1, 0.15) is 11.6 Å². The summed E-state index contributed by atoms with van der Waals surface area (Å²) in [6.07, 6.45) is 4.64. The molecule has 0 aliphatic rings. The highest BCUT2D eigenvalue weighted by Crippen LogP contribution is 2.21. The Morgan fingerprint density at radius 2 is 2.05 bits per heavy atom. The number of hydrogen-bond donors (Lipinski definition) is 1. The monoisotopic (exact) mass is 272 g/mol. The summed E-state index contributed by atoms with van der Waals surface area (Å²) in [5.74, 6) is 1.53. The zero-order valence-electron chi connectivity index (χ0n) is 12.1. The summed E-state index contributed by atoms with van der Waals surface area (Å²) in [7, 11) is 0. The molecule has 0 atom stereocenters. The van der Waals surface area contributed by atoms with E-state index in [0.717, 1.165) is 35.8 Å². The van der Waals surface area contributed by atoms with Crippen LogP contribution in [0.4, 0.5) is 5.82 Å². The van der Waals surface area contributed by atoms with E-state index in [4.69, 9.17) is 4.74 Å². The average Bonchev–Trinajstić information content (AvgIpc) is 2.45. The number of pyridine rings is 1. The molecular formula is C15H20N4O. The van der Waals surface area contributed by atoms with Gasteiger partial charge >= 0.3 is 0 Å². The molecule has 0 radical (unpaired) electrons. The maximum Gasteiger partial charge on any atom is 0.148 e. The molecule has 0 aliphatic heterocycles. The minimum Gasteiger partial charge on any atom is -0.489 e. The topological polar surface area (TPSA) is 59.9 Å². The van der Waals surface area contributed by atoms with E-state index in [-0.39, 0.29) is 6.10 Å². The van der Waals surface area contributed by atoms with Gasteiger partial charge in [-0.1, -0.05) is 6.92 Å². The van der Waals surface area contributed by atoms with Crippen LogP contribution in [0.15, 0.2) is 30.6 Å². The fourth-order valence-corrected chi connectivity index (χ4v) is 1.73. The fraction of sp³-hybridized carbons (Fsp3) is 0.400. The smallest absolute Gasteiger partial charge is 0.148 e. The van der Waals surface area contributed by atoms with Crippen LogP contribution in [-0.4, -0.2) is 27.8 Å². The largest absolute Gasteiger partial charge is 0.489 e. The standard InChI is InChI=1S/C15H20N4O/c1-4-7-17-15-6-5-14(18-19-15)12-8-13(10-16-9-12)20-11(2)3/h5-6,8-11H,4,7H2,1-3H3,(H,17,19). The van der Waals surface area contributed by atoms with Crippen molar-refractivity contribution >= 4 is 5.82 Å². The maximum atomic E-state index is 5.63. The summed E-state index contributed by atoms with van der Waals surface area (Å²) in [5.41, 5.74) is 1.69. The number of rotatable bonds is 6. The molecule has 2 aromatic rings. The van der Waals surface area contributed by atoms with Crippen molar-refractivity contribution in [1.29, 1.82) is 0 Å². The molecule has 0 aliphatic carbocycles. The molecule has 1 N–H and O–H groups in total. The molecule has 0 spiro atoms. The van der Waals surface area contributed by atoms with E-state index in [2.05, 4.69) is 27.4 Å². The Morgan fingerprint density at radius 1 is 1.20 bits per heavy atom. The first-order chi connectivity index (χ1) is 9.69. The quantitative estimate of drug-likeness (QED) is 0.875. The van der Waals surface area contributed by atoms with Gasteiger partial charge < -0.3 is 10.1 Å². The van der Waals surface area contributed by atoms with Gasteiger partial charge in [-0.3, -0.25) is 4.98 Å². The Bertz CT molecular complexity index is 540. The zero-order chi connectivity index (χ0) is 14.4. The predicted octanol–water partition coefficient (Wildman–Crippen LogP) is 3.15. The van der Waals surface area contributed by atoms with Crippen LogP contribution >= 0.6 is 0 Å². The van der Waals surface area contributed by atoms with Crippen LogP contribution in [0.3, 0.4) is 0 Å². The Kier molecular flexibility index (Phi) is 4.87. The lowest BCUT2D eigenvalue weighted by Crippen LogP contribution is -2.06. The summed E-state index contributed by atoms with van der Waals surface area (Å²) >= 11 is 0. The van der Waals surface area contributed by atoms with Crippen LogP contribution in [0.1, 0.15) is 27.2 Å². The van der Waals surface area contributed by atoms with Crippen LogP contribution in [0.25, 0.3) is 11.3 Å². The summed E-state index contributed by atoms with van der Waals surface area (Å²) in [6.45, 7) is 6.98. The number of ether oxygens (including phenoxy) is 1. The lowest BCUT2D eigenvalue weighted by Gasteiger charge is -2.10. The van der Waals surface area contributed by atoms with Gasteiger partial charge in [0.2, 0.25) is 0 Å². The zero-order valence-corrected chi connectivity index (χ0v) is 12.1. The number of hydrogen-bond acceptors (Lipinski definition) is 5. The van der Waals surface area contributed by atoms with Gasteiger partial charge in [0.15, 0.2) is 0 Å². The van der Waals surface area contributed by atoms with E-state index < -0.39 is 0 Å². The minimum absolute atomic E-state index is 0.124. The summed E-state index contributed by atoms with van der Waals surface area (Å²) in [5, 5.41) is 11.6. The normalized spacial score (nSPS) is 10.6. The van der Waals surface area contributed by atoms with E-state index in [1.165, 1.54) is 0 Å². The van der Waals surface area contributed by atoms with Crippen molar-refractivity contribution in [2.45, 2.75) is 33.3 Å². The SMILES string of the molecule is CCCNc1ccc(-c2cncc(OC(C)C)c2)nn1. The third-order valence-corrected chi connectivity index (χ3v) is 2.60. The highest BCUT2D eigenvalue weighted by molar-refractivity contribution is 5.60. The Balaban J connectivity index is 2.14. The molecule has 0 saturated carbocycles. The molecule has 106 valence electrons. The van der Waals surface area contributed by atoms with Gasteiger partial charge in [0.25, 0.3) is 0 Å². The second-order valence-corrected chi connectivity index (χ2v) is 4.81. The third-order valence-electron chi connectivity index (χ3n) is 2.60. The average molecular weight is 272 g/mol.